The number of carbonyl (C=O) groups is 1. The summed E-state index contributed by atoms with van der Waals surface area (Å²) in [7, 11) is 0. The smallest absolute Gasteiger partial charge is 0.239 e. The molecule has 1 aromatic rings. The lowest BCUT2D eigenvalue weighted by molar-refractivity contribution is -0.131. The molecular weight excluding hydrogens is 250 g/mol. The number of nitrogens with two attached hydrogens (primary N) is 1. The van der Waals surface area contributed by atoms with Gasteiger partial charge < -0.3 is 10.6 Å². The van der Waals surface area contributed by atoms with E-state index in [4.69, 9.17) is 5.73 Å². The molecule has 20 heavy (non-hydrogen) atoms. The van der Waals surface area contributed by atoms with E-state index in [1.54, 1.807) is 12.4 Å². The molecule has 1 spiro atoms. The standard InChI is InChI=1S/C16H23N3O/c17-14(11-13-3-8-18-9-4-13)15(20)19-10-7-16(12-19)5-1-2-6-16/h3-4,8-9,14H,1-2,5-7,10-12,17H2/t14-/m0/s1. The van der Waals surface area contributed by atoms with E-state index in [1.807, 2.05) is 17.0 Å². The van der Waals surface area contributed by atoms with Gasteiger partial charge in [-0.3, -0.25) is 9.78 Å². The van der Waals surface area contributed by atoms with Crippen molar-refractivity contribution >= 4 is 5.91 Å². The van der Waals surface area contributed by atoms with Crippen molar-refractivity contribution < 1.29 is 4.79 Å². The minimum atomic E-state index is -0.422. The summed E-state index contributed by atoms with van der Waals surface area (Å²) < 4.78 is 0. The van der Waals surface area contributed by atoms with E-state index in [2.05, 4.69) is 4.98 Å². The molecule has 1 saturated heterocycles. The summed E-state index contributed by atoms with van der Waals surface area (Å²) in [4.78, 5) is 18.5. The van der Waals surface area contributed by atoms with Crippen LogP contribution in [-0.4, -0.2) is 34.9 Å². The van der Waals surface area contributed by atoms with Crippen molar-refractivity contribution in [3.8, 4) is 0 Å². The summed E-state index contributed by atoms with van der Waals surface area (Å²) in [5.74, 6) is 0.116. The summed E-state index contributed by atoms with van der Waals surface area (Å²) in [5.41, 5.74) is 7.61. The molecule has 3 rings (SSSR count). The molecule has 1 atom stereocenters. The summed E-state index contributed by atoms with van der Waals surface area (Å²) in [6, 6.07) is 3.43. The Kier molecular flexibility index (Phi) is 3.74. The Morgan fingerprint density at radius 2 is 2.00 bits per heavy atom. The third kappa shape index (κ3) is 2.70. The number of hydrogen-bond donors (Lipinski definition) is 1. The first-order chi connectivity index (χ1) is 9.69. The maximum absolute atomic E-state index is 12.5. The third-order valence-electron chi connectivity index (χ3n) is 4.94. The van der Waals surface area contributed by atoms with Crippen molar-refractivity contribution in [2.45, 2.75) is 44.6 Å². The van der Waals surface area contributed by atoms with Crippen LogP contribution >= 0.6 is 0 Å². The summed E-state index contributed by atoms with van der Waals surface area (Å²) in [6.45, 7) is 1.82. The van der Waals surface area contributed by atoms with Gasteiger partial charge in [0.05, 0.1) is 6.04 Å². The van der Waals surface area contributed by atoms with E-state index in [-0.39, 0.29) is 5.91 Å². The Morgan fingerprint density at radius 1 is 1.30 bits per heavy atom. The molecule has 4 heteroatoms. The van der Waals surface area contributed by atoms with Crippen LogP contribution in [-0.2, 0) is 11.2 Å². The molecule has 1 aliphatic carbocycles. The Hall–Kier alpha value is -1.42. The van der Waals surface area contributed by atoms with Crippen LogP contribution < -0.4 is 5.73 Å². The Bertz CT molecular complexity index is 468. The molecule has 2 N–H and O–H groups in total. The summed E-state index contributed by atoms with van der Waals surface area (Å²) in [5, 5.41) is 0. The van der Waals surface area contributed by atoms with Gasteiger partial charge in [-0.2, -0.15) is 0 Å². The Labute approximate surface area is 120 Å². The van der Waals surface area contributed by atoms with Crippen LogP contribution in [0, 0.1) is 5.41 Å². The molecule has 4 nitrogen and oxygen atoms in total. The first-order valence-corrected chi connectivity index (χ1v) is 7.62. The van der Waals surface area contributed by atoms with Gasteiger partial charge in [0.1, 0.15) is 0 Å². The molecule has 0 radical (unpaired) electrons. The molecule has 0 aromatic carbocycles. The molecule has 2 fully saturated rings. The molecular formula is C16H23N3O. The number of pyridine rings is 1. The van der Waals surface area contributed by atoms with Crippen LogP contribution in [0.1, 0.15) is 37.7 Å². The first kappa shape index (κ1) is 13.6. The van der Waals surface area contributed by atoms with Gasteiger partial charge in [-0.05, 0) is 48.8 Å². The van der Waals surface area contributed by atoms with E-state index in [9.17, 15) is 4.79 Å². The fourth-order valence-electron chi connectivity index (χ4n) is 3.75. The van der Waals surface area contributed by atoms with Crippen LogP contribution in [0.4, 0.5) is 0 Å². The van der Waals surface area contributed by atoms with Crippen molar-refractivity contribution in [3.05, 3.63) is 30.1 Å². The molecule has 1 amide bonds. The molecule has 0 unspecified atom stereocenters. The number of carbonyl (C=O) groups excluding carboxylic acids is 1. The zero-order valence-corrected chi connectivity index (χ0v) is 11.9. The highest BCUT2D eigenvalue weighted by atomic mass is 16.2. The molecule has 1 aromatic heterocycles. The number of aromatic nitrogens is 1. The normalized spacial score (nSPS) is 22.4. The van der Waals surface area contributed by atoms with Gasteiger partial charge in [-0.25, -0.2) is 0 Å². The largest absolute Gasteiger partial charge is 0.341 e. The van der Waals surface area contributed by atoms with Crippen LogP contribution in [0.5, 0.6) is 0 Å². The maximum atomic E-state index is 12.5. The summed E-state index contributed by atoms with van der Waals surface area (Å²) >= 11 is 0. The van der Waals surface area contributed by atoms with Gasteiger partial charge in [0, 0.05) is 25.5 Å². The van der Waals surface area contributed by atoms with E-state index in [0.717, 1.165) is 18.7 Å². The molecule has 1 aliphatic heterocycles. The lowest BCUT2D eigenvalue weighted by Crippen LogP contribution is -2.44. The predicted octanol–water partition coefficient (Wildman–Crippen LogP) is 1.74. The third-order valence-corrected chi connectivity index (χ3v) is 4.94. The Morgan fingerprint density at radius 3 is 2.70 bits per heavy atom. The predicted molar refractivity (Wildman–Crippen MR) is 78.0 cm³/mol. The van der Waals surface area contributed by atoms with Gasteiger partial charge in [0.2, 0.25) is 5.91 Å². The van der Waals surface area contributed by atoms with Crippen LogP contribution in [0.25, 0.3) is 0 Å². The lowest BCUT2D eigenvalue weighted by Gasteiger charge is -2.25. The summed E-state index contributed by atoms with van der Waals surface area (Å²) in [6.07, 6.45) is 10.5. The maximum Gasteiger partial charge on any atom is 0.239 e. The van der Waals surface area contributed by atoms with E-state index in [1.165, 1.54) is 32.1 Å². The molecule has 1 saturated carbocycles. The van der Waals surface area contributed by atoms with Crippen LogP contribution in [0.2, 0.25) is 0 Å². The number of hydrogen-bond acceptors (Lipinski definition) is 3. The second-order valence-corrected chi connectivity index (χ2v) is 6.38. The Balaban J connectivity index is 1.59. The topological polar surface area (TPSA) is 59.2 Å². The van der Waals surface area contributed by atoms with Gasteiger partial charge >= 0.3 is 0 Å². The molecule has 2 heterocycles. The zero-order valence-electron chi connectivity index (χ0n) is 11.9. The highest BCUT2D eigenvalue weighted by Crippen LogP contribution is 2.45. The molecule has 2 aliphatic rings. The van der Waals surface area contributed by atoms with Gasteiger partial charge in [-0.1, -0.05) is 12.8 Å². The van der Waals surface area contributed by atoms with Crippen LogP contribution in [0.15, 0.2) is 24.5 Å². The number of rotatable bonds is 3. The quantitative estimate of drug-likeness (QED) is 0.912. The minimum Gasteiger partial charge on any atom is -0.341 e. The van der Waals surface area contributed by atoms with Crippen molar-refractivity contribution in [1.82, 2.24) is 9.88 Å². The van der Waals surface area contributed by atoms with Crippen molar-refractivity contribution in [1.29, 1.82) is 0 Å². The lowest BCUT2D eigenvalue weighted by atomic mass is 9.86. The fourth-order valence-corrected chi connectivity index (χ4v) is 3.75. The van der Waals surface area contributed by atoms with Crippen molar-refractivity contribution in [3.63, 3.8) is 0 Å². The SMILES string of the molecule is N[C@@H](Cc1ccncc1)C(=O)N1CCC2(CCCC2)C1. The second kappa shape index (κ2) is 5.52. The average molecular weight is 273 g/mol. The van der Waals surface area contributed by atoms with Gasteiger partial charge in [0.15, 0.2) is 0 Å². The zero-order chi connectivity index (χ0) is 14.0. The van der Waals surface area contributed by atoms with Crippen molar-refractivity contribution in [2.75, 3.05) is 13.1 Å². The minimum absolute atomic E-state index is 0.116. The van der Waals surface area contributed by atoms with E-state index < -0.39 is 6.04 Å². The highest BCUT2D eigenvalue weighted by molar-refractivity contribution is 5.82. The fraction of sp³-hybridized carbons (Fsp3) is 0.625. The van der Waals surface area contributed by atoms with Gasteiger partial charge in [-0.15, -0.1) is 0 Å². The second-order valence-electron chi connectivity index (χ2n) is 6.38. The monoisotopic (exact) mass is 273 g/mol. The number of likely N-dealkylation sites (tertiary alicyclic amines) is 1. The average Bonchev–Trinajstić information content (AvgIpc) is 3.10. The number of amides is 1. The number of nitrogens with zero attached hydrogens (tertiary/aromatic N) is 2. The van der Waals surface area contributed by atoms with Gasteiger partial charge in [0.25, 0.3) is 0 Å². The van der Waals surface area contributed by atoms with Crippen molar-refractivity contribution in [2.24, 2.45) is 11.1 Å². The van der Waals surface area contributed by atoms with Crippen LogP contribution in [0.3, 0.4) is 0 Å². The molecule has 108 valence electrons. The van der Waals surface area contributed by atoms with E-state index >= 15 is 0 Å². The molecule has 0 bridgehead atoms. The highest BCUT2D eigenvalue weighted by Gasteiger charge is 2.42. The van der Waals surface area contributed by atoms with E-state index in [0.29, 0.717) is 11.8 Å². The first-order valence-electron chi connectivity index (χ1n) is 7.62.